The normalized spacial score (nSPS) is 10.1. The van der Waals surface area contributed by atoms with Crippen molar-refractivity contribution in [3.8, 4) is 5.75 Å². The van der Waals surface area contributed by atoms with E-state index >= 15 is 0 Å². The van der Waals surface area contributed by atoms with Crippen LogP contribution in [0.5, 0.6) is 5.75 Å². The molecule has 0 heterocycles. The number of hydrogen-bond donors (Lipinski definition) is 2. The molecule has 2 N–H and O–H groups in total. The largest absolute Gasteiger partial charge is 0.489 e. The summed E-state index contributed by atoms with van der Waals surface area (Å²) in [5.41, 5.74) is 0.197. The van der Waals surface area contributed by atoms with Crippen molar-refractivity contribution < 1.29 is 19.7 Å². The molecule has 0 spiro atoms. The second-order valence-corrected chi connectivity index (χ2v) is 4.66. The second-order valence-electron chi connectivity index (χ2n) is 2.65. The summed E-state index contributed by atoms with van der Waals surface area (Å²) in [7, 11) is 0. The highest BCUT2D eigenvalue weighted by Crippen LogP contribution is 2.31. The molecule has 82 valence electrons. The minimum atomic E-state index is -0.984. The van der Waals surface area contributed by atoms with Crippen LogP contribution in [-0.2, 0) is 0 Å². The topological polar surface area (TPSA) is 66.8 Å². The monoisotopic (exact) mass is 386 g/mol. The minimum absolute atomic E-state index is 0.0802. The van der Waals surface area contributed by atoms with E-state index in [1.807, 2.05) is 22.6 Å². The lowest BCUT2D eigenvalue weighted by Gasteiger charge is -2.09. The number of benzene rings is 1. The highest BCUT2D eigenvalue weighted by atomic mass is 127. The van der Waals surface area contributed by atoms with Gasteiger partial charge < -0.3 is 14.9 Å². The van der Waals surface area contributed by atoms with Crippen molar-refractivity contribution >= 4 is 44.5 Å². The van der Waals surface area contributed by atoms with Crippen LogP contribution in [0.1, 0.15) is 10.4 Å². The molecule has 0 fully saturated rings. The van der Waals surface area contributed by atoms with E-state index < -0.39 is 5.97 Å². The number of aromatic carboxylic acids is 1. The third-order valence-corrected chi connectivity index (χ3v) is 2.97. The zero-order valence-electron chi connectivity index (χ0n) is 7.54. The Morgan fingerprint density at radius 1 is 1.53 bits per heavy atom. The Labute approximate surface area is 109 Å². The molecule has 0 radical (unpaired) electrons. The van der Waals surface area contributed by atoms with E-state index in [1.165, 1.54) is 12.1 Å². The lowest BCUT2D eigenvalue weighted by atomic mass is 10.2. The van der Waals surface area contributed by atoms with Crippen molar-refractivity contribution in [1.29, 1.82) is 0 Å². The molecular weight excluding hydrogens is 379 g/mol. The molecule has 1 rings (SSSR count). The number of halogens is 2. The van der Waals surface area contributed by atoms with Gasteiger partial charge in [0.1, 0.15) is 12.4 Å². The number of aliphatic hydroxyl groups excluding tert-OH is 1. The first-order chi connectivity index (χ1) is 7.06. The Morgan fingerprint density at radius 2 is 2.20 bits per heavy atom. The Morgan fingerprint density at radius 3 is 2.67 bits per heavy atom. The van der Waals surface area contributed by atoms with Gasteiger partial charge in [0.2, 0.25) is 0 Å². The third-order valence-electron chi connectivity index (χ3n) is 1.58. The summed E-state index contributed by atoms with van der Waals surface area (Å²) in [6.45, 7) is 0.101. The molecule has 15 heavy (non-hydrogen) atoms. The Bertz CT molecular complexity index is 357. The van der Waals surface area contributed by atoms with Crippen molar-refractivity contribution in [3.63, 3.8) is 0 Å². The number of hydrogen-bond acceptors (Lipinski definition) is 3. The van der Waals surface area contributed by atoms with Gasteiger partial charge in [-0.05, 0) is 50.7 Å². The minimum Gasteiger partial charge on any atom is -0.489 e. The molecule has 0 amide bonds. The lowest BCUT2D eigenvalue weighted by Crippen LogP contribution is -2.05. The van der Waals surface area contributed by atoms with E-state index in [0.717, 1.165) is 0 Å². The highest BCUT2D eigenvalue weighted by molar-refractivity contribution is 14.1. The van der Waals surface area contributed by atoms with Crippen molar-refractivity contribution in [2.75, 3.05) is 13.2 Å². The van der Waals surface area contributed by atoms with E-state index in [0.29, 0.717) is 13.8 Å². The van der Waals surface area contributed by atoms with E-state index in [4.69, 9.17) is 14.9 Å². The molecular formula is C9H8BrIO4. The van der Waals surface area contributed by atoms with Crippen molar-refractivity contribution in [3.05, 3.63) is 25.7 Å². The Hall–Kier alpha value is -0.340. The zero-order chi connectivity index (χ0) is 11.4. The Balaban J connectivity index is 3.04. The van der Waals surface area contributed by atoms with Crippen LogP contribution in [0.15, 0.2) is 16.6 Å². The van der Waals surface area contributed by atoms with Crippen LogP contribution < -0.4 is 4.74 Å². The van der Waals surface area contributed by atoms with Crippen LogP contribution >= 0.6 is 38.5 Å². The molecule has 0 aliphatic carbocycles. The lowest BCUT2D eigenvalue weighted by molar-refractivity contribution is 0.0696. The number of carbonyl (C=O) groups is 1. The molecule has 0 saturated carbocycles. The number of ether oxygens (including phenoxy) is 1. The predicted molar refractivity (Wildman–Crippen MR) is 66.4 cm³/mol. The molecule has 4 nitrogen and oxygen atoms in total. The second kappa shape index (κ2) is 5.66. The molecule has 0 saturated heterocycles. The first-order valence-corrected chi connectivity index (χ1v) is 5.89. The summed E-state index contributed by atoms with van der Waals surface area (Å²) in [5.74, 6) is -0.433. The fourth-order valence-electron chi connectivity index (χ4n) is 0.969. The summed E-state index contributed by atoms with van der Waals surface area (Å²) in [6.07, 6.45) is 0. The van der Waals surface area contributed by atoms with Crippen molar-refractivity contribution in [2.45, 2.75) is 0 Å². The summed E-state index contributed by atoms with van der Waals surface area (Å²) >= 11 is 5.21. The average molecular weight is 387 g/mol. The van der Waals surface area contributed by atoms with Crippen LogP contribution in [-0.4, -0.2) is 29.4 Å². The summed E-state index contributed by atoms with van der Waals surface area (Å²) in [4.78, 5) is 10.7. The Kier molecular flexibility index (Phi) is 4.81. The van der Waals surface area contributed by atoms with Crippen molar-refractivity contribution in [2.24, 2.45) is 0 Å². The van der Waals surface area contributed by atoms with Crippen LogP contribution in [0.25, 0.3) is 0 Å². The van der Waals surface area contributed by atoms with Gasteiger partial charge in [-0.15, -0.1) is 0 Å². The predicted octanol–water partition coefficient (Wildman–Crippen LogP) is 2.12. The fourth-order valence-corrected chi connectivity index (χ4v) is 2.70. The standard InChI is InChI=1S/C9H8BrIO4/c10-6-3-5(9(13)14)4-7(11)8(6)15-2-1-12/h3-4,12H,1-2H2,(H,13,14). The fraction of sp³-hybridized carbons (Fsp3) is 0.222. The van der Waals surface area contributed by atoms with Gasteiger partial charge in [0.15, 0.2) is 0 Å². The van der Waals surface area contributed by atoms with E-state index in [1.54, 1.807) is 0 Å². The first kappa shape index (κ1) is 12.7. The van der Waals surface area contributed by atoms with E-state index in [-0.39, 0.29) is 18.8 Å². The maximum absolute atomic E-state index is 10.7. The molecule has 0 unspecified atom stereocenters. The maximum atomic E-state index is 10.7. The highest BCUT2D eigenvalue weighted by Gasteiger charge is 2.12. The molecule has 6 heteroatoms. The first-order valence-electron chi connectivity index (χ1n) is 4.02. The van der Waals surface area contributed by atoms with Gasteiger partial charge in [-0.25, -0.2) is 4.79 Å². The van der Waals surface area contributed by atoms with Gasteiger partial charge in [0.25, 0.3) is 0 Å². The third kappa shape index (κ3) is 3.32. The molecule has 0 aliphatic rings. The number of rotatable bonds is 4. The van der Waals surface area contributed by atoms with Gasteiger partial charge in [0.05, 0.1) is 20.2 Å². The molecule has 0 aliphatic heterocycles. The SMILES string of the molecule is O=C(O)c1cc(Br)c(OCCO)c(I)c1. The van der Waals surface area contributed by atoms with E-state index in [2.05, 4.69) is 15.9 Å². The van der Waals surface area contributed by atoms with Crippen molar-refractivity contribution in [1.82, 2.24) is 0 Å². The molecule has 0 bridgehead atoms. The average Bonchev–Trinajstić information content (AvgIpc) is 2.16. The maximum Gasteiger partial charge on any atom is 0.335 e. The van der Waals surface area contributed by atoms with Gasteiger partial charge in [-0.1, -0.05) is 0 Å². The van der Waals surface area contributed by atoms with Gasteiger partial charge in [-0.3, -0.25) is 0 Å². The number of carboxylic acid groups (broad SMARTS) is 1. The zero-order valence-corrected chi connectivity index (χ0v) is 11.3. The van der Waals surface area contributed by atoms with Crippen LogP contribution in [0.3, 0.4) is 0 Å². The molecule has 0 aromatic heterocycles. The van der Waals surface area contributed by atoms with Gasteiger partial charge in [-0.2, -0.15) is 0 Å². The smallest absolute Gasteiger partial charge is 0.335 e. The van der Waals surface area contributed by atoms with Crippen LogP contribution in [0.4, 0.5) is 0 Å². The van der Waals surface area contributed by atoms with Gasteiger partial charge in [0, 0.05) is 0 Å². The van der Waals surface area contributed by atoms with E-state index in [9.17, 15) is 4.79 Å². The van der Waals surface area contributed by atoms with Crippen LogP contribution in [0.2, 0.25) is 0 Å². The summed E-state index contributed by atoms with van der Waals surface area (Å²) in [5, 5.41) is 17.4. The quantitative estimate of drug-likeness (QED) is 0.778. The number of aliphatic hydroxyl groups is 1. The molecule has 1 aromatic rings. The summed E-state index contributed by atoms with van der Waals surface area (Å²) in [6, 6.07) is 2.98. The summed E-state index contributed by atoms with van der Waals surface area (Å²) < 4.78 is 6.51. The molecule has 1 aromatic carbocycles. The molecule has 0 atom stereocenters. The van der Waals surface area contributed by atoms with Crippen LogP contribution in [0, 0.1) is 3.57 Å². The van der Waals surface area contributed by atoms with Gasteiger partial charge >= 0.3 is 5.97 Å². The number of carboxylic acids is 1.